The van der Waals surface area contributed by atoms with Crippen molar-refractivity contribution in [3.05, 3.63) is 23.0 Å². The van der Waals surface area contributed by atoms with E-state index in [-0.39, 0.29) is 11.1 Å². The van der Waals surface area contributed by atoms with Crippen LogP contribution in [0.25, 0.3) is 0 Å². The van der Waals surface area contributed by atoms with Crippen LogP contribution in [-0.2, 0) is 0 Å². The van der Waals surface area contributed by atoms with Crippen molar-refractivity contribution in [1.82, 2.24) is 4.31 Å². The molecule has 0 saturated carbocycles. The highest BCUT2D eigenvalue weighted by Gasteiger charge is 1.98. The highest BCUT2D eigenvalue weighted by Crippen LogP contribution is 2.33. The van der Waals surface area contributed by atoms with Gasteiger partial charge in [-0.25, -0.2) is 0 Å². The summed E-state index contributed by atoms with van der Waals surface area (Å²) in [6.45, 7) is 0. The molecular weight excluding hydrogens is 118 g/mol. The van der Waals surface area contributed by atoms with Crippen molar-refractivity contribution in [2.75, 3.05) is 14.1 Å². The molecule has 0 atom stereocenters. The number of allylic oxidation sites excluding steroid dienone is 2. The summed E-state index contributed by atoms with van der Waals surface area (Å²) in [5.74, 6) is 0. The minimum atomic E-state index is -0.0319. The summed E-state index contributed by atoms with van der Waals surface area (Å²) < 4.78 is 2.23. The SMILES string of the molecule is CN(C)[SH]1C=CC=C1. The zero-order valence-corrected chi connectivity index (χ0v) is 6.10. The van der Waals surface area contributed by atoms with Crippen molar-refractivity contribution in [2.45, 2.75) is 0 Å². The number of thiol groups is 1. The highest BCUT2D eigenvalue weighted by molar-refractivity contribution is 8.20. The maximum Gasteiger partial charge on any atom is -0.00398 e. The van der Waals surface area contributed by atoms with Crippen LogP contribution in [-0.4, -0.2) is 18.4 Å². The van der Waals surface area contributed by atoms with E-state index in [1.54, 1.807) is 0 Å². The van der Waals surface area contributed by atoms with Gasteiger partial charge in [0.1, 0.15) is 0 Å². The second kappa shape index (κ2) is 2.37. The number of hydrogen-bond donors (Lipinski definition) is 1. The maximum atomic E-state index is 2.23. The van der Waals surface area contributed by atoms with Crippen molar-refractivity contribution >= 4 is 11.1 Å². The molecule has 1 heterocycles. The van der Waals surface area contributed by atoms with Gasteiger partial charge in [-0.05, 0) is 24.9 Å². The van der Waals surface area contributed by atoms with E-state index in [9.17, 15) is 0 Å². The molecule has 0 radical (unpaired) electrons. The van der Waals surface area contributed by atoms with E-state index < -0.39 is 0 Å². The third-order valence-corrected chi connectivity index (χ3v) is 2.93. The lowest BCUT2D eigenvalue weighted by molar-refractivity contribution is 0.702. The van der Waals surface area contributed by atoms with Crippen molar-refractivity contribution in [3.8, 4) is 0 Å². The number of nitrogens with zero attached hydrogens (tertiary/aromatic N) is 1. The van der Waals surface area contributed by atoms with Gasteiger partial charge in [0.15, 0.2) is 0 Å². The Morgan fingerprint density at radius 2 is 1.62 bits per heavy atom. The summed E-state index contributed by atoms with van der Waals surface area (Å²) in [6.07, 6.45) is 4.21. The Hall–Kier alpha value is -0.210. The van der Waals surface area contributed by atoms with Crippen LogP contribution in [0.15, 0.2) is 23.0 Å². The van der Waals surface area contributed by atoms with Crippen LogP contribution >= 0.6 is 11.1 Å². The Morgan fingerprint density at radius 3 is 1.88 bits per heavy atom. The summed E-state index contributed by atoms with van der Waals surface area (Å²) in [7, 11) is 4.21. The Balaban J connectivity index is 2.49. The molecule has 0 aromatic heterocycles. The second-order valence-electron chi connectivity index (χ2n) is 1.91. The number of hydrogen-bond acceptors (Lipinski definition) is 1. The summed E-state index contributed by atoms with van der Waals surface area (Å²) in [4.78, 5) is 0. The molecule has 1 aliphatic rings. The lowest BCUT2D eigenvalue weighted by Crippen LogP contribution is -2.02. The summed E-state index contributed by atoms with van der Waals surface area (Å²) in [6, 6.07) is 0. The molecule has 0 N–H and O–H groups in total. The summed E-state index contributed by atoms with van der Waals surface area (Å²) in [5, 5.41) is 4.46. The minimum absolute atomic E-state index is 0.0319. The maximum absolute atomic E-state index is 2.23. The molecule has 0 spiro atoms. The van der Waals surface area contributed by atoms with Gasteiger partial charge in [-0.3, -0.25) is 4.31 Å². The van der Waals surface area contributed by atoms with Gasteiger partial charge in [0.2, 0.25) is 0 Å². The molecule has 0 fully saturated rings. The van der Waals surface area contributed by atoms with Crippen molar-refractivity contribution in [3.63, 3.8) is 0 Å². The van der Waals surface area contributed by atoms with Gasteiger partial charge in [0.05, 0.1) is 0 Å². The van der Waals surface area contributed by atoms with Crippen molar-refractivity contribution in [2.24, 2.45) is 0 Å². The fourth-order valence-electron chi connectivity index (χ4n) is 0.592. The van der Waals surface area contributed by atoms with E-state index in [4.69, 9.17) is 0 Å². The predicted molar refractivity (Wildman–Crippen MR) is 41.0 cm³/mol. The van der Waals surface area contributed by atoms with Crippen LogP contribution in [0.4, 0.5) is 0 Å². The van der Waals surface area contributed by atoms with Crippen LogP contribution in [0.3, 0.4) is 0 Å². The van der Waals surface area contributed by atoms with E-state index in [1.807, 2.05) is 0 Å². The molecule has 0 saturated heterocycles. The first-order valence-corrected chi connectivity index (χ1v) is 4.04. The molecule has 1 aliphatic heterocycles. The molecule has 8 heavy (non-hydrogen) atoms. The van der Waals surface area contributed by atoms with E-state index in [0.717, 1.165) is 0 Å². The van der Waals surface area contributed by atoms with Crippen LogP contribution in [0.1, 0.15) is 0 Å². The van der Waals surface area contributed by atoms with E-state index in [1.165, 1.54) is 0 Å². The summed E-state index contributed by atoms with van der Waals surface area (Å²) in [5.41, 5.74) is 0. The quantitative estimate of drug-likeness (QED) is 0.525. The molecule has 0 unspecified atom stereocenters. The first-order chi connectivity index (χ1) is 3.80. The van der Waals surface area contributed by atoms with Crippen LogP contribution < -0.4 is 0 Å². The molecule has 1 rings (SSSR count). The summed E-state index contributed by atoms with van der Waals surface area (Å²) >= 11 is -0.0319. The Morgan fingerprint density at radius 1 is 1.12 bits per heavy atom. The Labute approximate surface area is 53.2 Å². The Bertz CT molecular complexity index is 114. The standard InChI is InChI=1S/C6H11NS/c1-7(2)8-5-3-4-6-8/h3-6,8H,1-2H3. The molecule has 1 nitrogen and oxygen atoms in total. The van der Waals surface area contributed by atoms with Crippen LogP contribution in [0.5, 0.6) is 0 Å². The average Bonchev–Trinajstić information content (AvgIpc) is 2.12. The van der Waals surface area contributed by atoms with Gasteiger partial charge >= 0.3 is 0 Å². The topological polar surface area (TPSA) is 3.24 Å². The highest BCUT2D eigenvalue weighted by atomic mass is 32.2. The smallest absolute Gasteiger partial charge is 0.00398 e. The molecule has 0 amide bonds. The fraction of sp³-hybridized carbons (Fsp3) is 0.333. The molecule has 46 valence electrons. The Kier molecular flexibility index (Phi) is 1.76. The molecule has 2 heteroatoms. The molecule has 0 bridgehead atoms. The zero-order chi connectivity index (χ0) is 5.98. The molecular formula is C6H11NS. The fourth-order valence-corrected chi connectivity index (χ4v) is 1.78. The van der Waals surface area contributed by atoms with Crippen LogP contribution in [0, 0.1) is 0 Å². The second-order valence-corrected chi connectivity index (χ2v) is 4.07. The number of rotatable bonds is 1. The third-order valence-electron chi connectivity index (χ3n) is 1.05. The normalized spacial score (nSPS) is 21.1. The van der Waals surface area contributed by atoms with Gasteiger partial charge in [0.25, 0.3) is 0 Å². The third kappa shape index (κ3) is 1.14. The van der Waals surface area contributed by atoms with Gasteiger partial charge in [-0.15, -0.1) is 0 Å². The monoisotopic (exact) mass is 129 g/mol. The van der Waals surface area contributed by atoms with E-state index in [0.29, 0.717) is 0 Å². The van der Waals surface area contributed by atoms with E-state index in [2.05, 4.69) is 41.4 Å². The zero-order valence-electron chi connectivity index (χ0n) is 5.20. The first-order valence-electron chi connectivity index (χ1n) is 2.61. The minimum Gasteiger partial charge on any atom is -0.269 e. The van der Waals surface area contributed by atoms with E-state index >= 15 is 0 Å². The van der Waals surface area contributed by atoms with Gasteiger partial charge in [-0.1, -0.05) is 12.2 Å². The lowest BCUT2D eigenvalue weighted by Gasteiger charge is -2.18. The van der Waals surface area contributed by atoms with Gasteiger partial charge < -0.3 is 0 Å². The van der Waals surface area contributed by atoms with Crippen LogP contribution in [0.2, 0.25) is 0 Å². The molecule has 0 aromatic carbocycles. The largest absolute Gasteiger partial charge is 0.269 e. The van der Waals surface area contributed by atoms with Crippen molar-refractivity contribution < 1.29 is 0 Å². The average molecular weight is 129 g/mol. The predicted octanol–water partition coefficient (Wildman–Crippen LogP) is 1.51. The molecule has 0 aromatic rings. The molecule has 0 aliphatic carbocycles. The first kappa shape index (κ1) is 5.92. The van der Waals surface area contributed by atoms with Gasteiger partial charge in [0, 0.05) is 0 Å². The van der Waals surface area contributed by atoms with Gasteiger partial charge in [-0.2, -0.15) is 11.1 Å². The lowest BCUT2D eigenvalue weighted by atomic mass is 10.6. The van der Waals surface area contributed by atoms with Crippen molar-refractivity contribution in [1.29, 1.82) is 0 Å².